The Hall–Kier alpha value is -1.03. The van der Waals surface area contributed by atoms with Gasteiger partial charge in [-0.2, -0.15) is 11.8 Å². The lowest BCUT2D eigenvalue weighted by atomic mass is 10.0. The molecule has 0 radical (unpaired) electrons. The molecule has 0 spiro atoms. The lowest BCUT2D eigenvalue weighted by molar-refractivity contribution is 0.0939. The number of nitrogens with zero attached hydrogens (tertiary/aromatic N) is 1. The van der Waals surface area contributed by atoms with Gasteiger partial charge in [0.2, 0.25) is 0 Å². The monoisotopic (exact) mass is 194 g/mol. The summed E-state index contributed by atoms with van der Waals surface area (Å²) in [5, 5.41) is 0. The number of aromatic nitrogens is 1. The zero-order chi connectivity index (χ0) is 9.26. The summed E-state index contributed by atoms with van der Waals surface area (Å²) in [4.78, 5) is 15.6. The number of nitrogen functional groups attached to an aromatic ring is 1. The average Bonchev–Trinajstić information content (AvgIpc) is 2.01. The Bertz CT molecular complexity index is 336. The first kappa shape index (κ1) is 8.56. The van der Waals surface area contributed by atoms with Gasteiger partial charge in [-0.25, -0.2) is 4.98 Å². The molecule has 0 saturated carbocycles. The fraction of sp³-hybridized carbons (Fsp3) is 0.333. The van der Waals surface area contributed by atoms with Gasteiger partial charge in [0, 0.05) is 23.6 Å². The van der Waals surface area contributed by atoms with E-state index < -0.39 is 0 Å². The van der Waals surface area contributed by atoms with Gasteiger partial charge < -0.3 is 5.73 Å². The second-order valence-corrected chi connectivity index (χ2v) is 4.11. The van der Waals surface area contributed by atoms with Crippen molar-refractivity contribution in [1.29, 1.82) is 0 Å². The first-order valence-electron chi connectivity index (χ1n) is 4.11. The van der Waals surface area contributed by atoms with Crippen LogP contribution in [0.2, 0.25) is 0 Å². The highest BCUT2D eigenvalue weighted by atomic mass is 32.2. The third-order valence-electron chi connectivity index (χ3n) is 2.11. The van der Waals surface area contributed by atoms with E-state index in [0.717, 1.165) is 11.5 Å². The van der Waals surface area contributed by atoms with Gasteiger partial charge in [-0.15, -0.1) is 0 Å². The van der Waals surface area contributed by atoms with Crippen LogP contribution in [-0.2, 0) is 0 Å². The highest BCUT2D eigenvalue weighted by molar-refractivity contribution is 8.00. The maximum absolute atomic E-state index is 11.7. The van der Waals surface area contributed by atoms with Gasteiger partial charge in [0.25, 0.3) is 0 Å². The number of carbonyl (C=O) groups excluding carboxylic acids is 1. The second-order valence-electron chi connectivity index (χ2n) is 3.03. The summed E-state index contributed by atoms with van der Waals surface area (Å²) in [5.74, 6) is 2.51. The number of nitrogens with two attached hydrogens (primary N) is 1. The quantitative estimate of drug-likeness (QED) is 0.719. The summed E-state index contributed by atoms with van der Waals surface area (Å²) in [6.45, 7) is 0. The Labute approximate surface area is 80.7 Å². The molecule has 1 aliphatic rings. The van der Waals surface area contributed by atoms with Gasteiger partial charge in [-0.3, -0.25) is 4.79 Å². The number of thioether (sulfide) groups is 1. The molecule has 1 aromatic rings. The second kappa shape index (κ2) is 3.38. The summed E-state index contributed by atoms with van der Waals surface area (Å²) in [6, 6.07) is 3.49. The van der Waals surface area contributed by atoms with Gasteiger partial charge in [0.15, 0.2) is 5.78 Å². The molecule has 13 heavy (non-hydrogen) atoms. The van der Waals surface area contributed by atoms with Crippen LogP contribution in [0.5, 0.6) is 0 Å². The van der Waals surface area contributed by atoms with Crippen molar-refractivity contribution < 1.29 is 4.79 Å². The number of anilines is 1. The van der Waals surface area contributed by atoms with Crippen LogP contribution in [0.4, 0.5) is 5.82 Å². The normalized spacial score (nSPS) is 16.6. The molecular formula is C9H10N2OS. The molecule has 1 fully saturated rings. The van der Waals surface area contributed by atoms with Crippen LogP contribution in [0.3, 0.4) is 0 Å². The Balaban J connectivity index is 2.24. The summed E-state index contributed by atoms with van der Waals surface area (Å²) >= 11 is 1.79. The van der Waals surface area contributed by atoms with Crippen molar-refractivity contribution in [3.8, 4) is 0 Å². The van der Waals surface area contributed by atoms with Gasteiger partial charge >= 0.3 is 0 Å². The minimum absolute atomic E-state index is 0.143. The molecule has 68 valence electrons. The van der Waals surface area contributed by atoms with Crippen molar-refractivity contribution in [3.05, 3.63) is 23.9 Å². The van der Waals surface area contributed by atoms with Crippen LogP contribution in [-0.4, -0.2) is 22.3 Å². The highest BCUT2D eigenvalue weighted by Crippen LogP contribution is 2.28. The summed E-state index contributed by atoms with van der Waals surface area (Å²) in [7, 11) is 0. The van der Waals surface area contributed by atoms with Crippen molar-refractivity contribution in [2.24, 2.45) is 5.92 Å². The number of rotatable bonds is 2. The molecular weight excluding hydrogens is 184 g/mol. The number of ketones is 1. The number of hydrogen-bond donors (Lipinski definition) is 1. The van der Waals surface area contributed by atoms with E-state index in [1.54, 1.807) is 30.1 Å². The van der Waals surface area contributed by atoms with E-state index in [0.29, 0.717) is 11.4 Å². The lowest BCUT2D eigenvalue weighted by Crippen LogP contribution is -2.28. The first-order valence-corrected chi connectivity index (χ1v) is 5.27. The van der Waals surface area contributed by atoms with Gasteiger partial charge in [-0.05, 0) is 12.1 Å². The van der Waals surface area contributed by atoms with Crippen molar-refractivity contribution in [1.82, 2.24) is 4.98 Å². The Kier molecular flexibility index (Phi) is 2.22. The maximum atomic E-state index is 11.7. The molecule has 1 aliphatic heterocycles. The van der Waals surface area contributed by atoms with Gasteiger partial charge in [-0.1, -0.05) is 0 Å². The molecule has 0 unspecified atom stereocenters. The summed E-state index contributed by atoms with van der Waals surface area (Å²) in [6.07, 6.45) is 1.60. The molecule has 0 amide bonds. The zero-order valence-electron chi connectivity index (χ0n) is 7.06. The largest absolute Gasteiger partial charge is 0.383 e. The Morgan fingerprint density at radius 2 is 2.38 bits per heavy atom. The third kappa shape index (κ3) is 1.54. The van der Waals surface area contributed by atoms with Crippen LogP contribution < -0.4 is 5.73 Å². The molecule has 0 atom stereocenters. The number of hydrogen-bond acceptors (Lipinski definition) is 4. The van der Waals surface area contributed by atoms with Crippen molar-refractivity contribution in [3.63, 3.8) is 0 Å². The lowest BCUT2D eigenvalue weighted by Gasteiger charge is -2.23. The van der Waals surface area contributed by atoms with Gasteiger partial charge in [0.05, 0.1) is 5.56 Å². The third-order valence-corrected chi connectivity index (χ3v) is 3.39. The standard InChI is InChI=1S/C9H10N2OS/c10-9-7(2-1-3-11-9)8(12)6-4-13-5-6/h1-3,6H,4-5H2,(H2,10,11). The van der Waals surface area contributed by atoms with Crippen molar-refractivity contribution in [2.75, 3.05) is 17.2 Å². The highest BCUT2D eigenvalue weighted by Gasteiger charge is 2.28. The van der Waals surface area contributed by atoms with E-state index in [1.807, 2.05) is 0 Å². The van der Waals surface area contributed by atoms with E-state index in [1.165, 1.54) is 0 Å². The fourth-order valence-corrected chi connectivity index (χ4v) is 2.01. The molecule has 1 saturated heterocycles. The van der Waals surface area contributed by atoms with Crippen LogP contribution >= 0.6 is 11.8 Å². The van der Waals surface area contributed by atoms with Crippen LogP contribution in [0.15, 0.2) is 18.3 Å². The smallest absolute Gasteiger partial charge is 0.171 e. The fourth-order valence-electron chi connectivity index (χ4n) is 1.23. The zero-order valence-corrected chi connectivity index (χ0v) is 7.88. The molecule has 0 aliphatic carbocycles. The predicted molar refractivity (Wildman–Crippen MR) is 53.8 cm³/mol. The predicted octanol–water partition coefficient (Wildman–Crippen LogP) is 1.21. The van der Waals surface area contributed by atoms with Gasteiger partial charge in [0.1, 0.15) is 5.82 Å². The molecule has 0 aromatic carbocycles. The van der Waals surface area contributed by atoms with Crippen molar-refractivity contribution in [2.45, 2.75) is 0 Å². The number of Topliss-reactive ketones (excluding diaryl/α,β-unsaturated/α-hetero) is 1. The SMILES string of the molecule is Nc1ncccc1C(=O)C1CSC1. The minimum Gasteiger partial charge on any atom is -0.383 e. The first-order chi connectivity index (χ1) is 6.29. The topological polar surface area (TPSA) is 56.0 Å². The van der Waals surface area contributed by atoms with Crippen molar-refractivity contribution >= 4 is 23.4 Å². The van der Waals surface area contributed by atoms with E-state index >= 15 is 0 Å². The number of carbonyl (C=O) groups is 1. The van der Waals surface area contributed by atoms with Crippen LogP contribution in [0.25, 0.3) is 0 Å². The summed E-state index contributed by atoms with van der Waals surface area (Å²) < 4.78 is 0. The molecule has 0 bridgehead atoms. The molecule has 3 nitrogen and oxygen atoms in total. The molecule has 2 rings (SSSR count). The molecule has 4 heteroatoms. The number of pyridine rings is 1. The minimum atomic E-state index is 0.143. The Morgan fingerprint density at radius 3 is 2.92 bits per heavy atom. The van der Waals surface area contributed by atoms with E-state index in [2.05, 4.69) is 4.98 Å². The molecule has 2 N–H and O–H groups in total. The molecule has 2 heterocycles. The molecule has 1 aromatic heterocycles. The van der Waals surface area contributed by atoms with E-state index in [-0.39, 0.29) is 11.7 Å². The maximum Gasteiger partial charge on any atom is 0.171 e. The summed E-state index contributed by atoms with van der Waals surface area (Å²) in [5.41, 5.74) is 6.18. The van der Waals surface area contributed by atoms with Crippen LogP contribution in [0.1, 0.15) is 10.4 Å². The van der Waals surface area contributed by atoms with Crippen LogP contribution in [0, 0.1) is 5.92 Å². The Morgan fingerprint density at radius 1 is 1.62 bits per heavy atom. The van der Waals surface area contributed by atoms with E-state index in [4.69, 9.17) is 5.73 Å². The average molecular weight is 194 g/mol. The van der Waals surface area contributed by atoms with E-state index in [9.17, 15) is 4.79 Å².